The first kappa shape index (κ1) is 23.9. The maximum atomic E-state index is 12.4. The fraction of sp³-hybridized carbons (Fsp3) is 0.226. The summed E-state index contributed by atoms with van der Waals surface area (Å²) < 4.78 is 12.8. The average molecular weight is 505 g/mol. The summed E-state index contributed by atoms with van der Waals surface area (Å²) in [5, 5.41) is 8.53. The molecule has 0 spiro atoms. The number of esters is 1. The van der Waals surface area contributed by atoms with Gasteiger partial charge in [-0.15, -0.1) is 0 Å². The lowest BCUT2D eigenvalue weighted by Gasteiger charge is -2.14. The van der Waals surface area contributed by atoms with E-state index >= 15 is 0 Å². The van der Waals surface area contributed by atoms with Crippen LogP contribution in [0.15, 0.2) is 89.7 Å². The third-order valence-electron chi connectivity index (χ3n) is 7.21. The van der Waals surface area contributed by atoms with Crippen molar-refractivity contribution in [3.63, 3.8) is 0 Å². The first-order chi connectivity index (χ1) is 18.6. The Kier molecular flexibility index (Phi) is 6.12. The van der Waals surface area contributed by atoms with Gasteiger partial charge in [0.25, 0.3) is 0 Å². The summed E-state index contributed by atoms with van der Waals surface area (Å²) in [7, 11) is 0. The molecule has 0 radical (unpaired) electrons. The molecule has 7 nitrogen and oxygen atoms in total. The lowest BCUT2D eigenvalue weighted by atomic mass is 9.93. The molecular formula is C31H28N4O3. The molecule has 1 aliphatic carbocycles. The third-order valence-corrected chi connectivity index (χ3v) is 7.21. The summed E-state index contributed by atoms with van der Waals surface area (Å²) in [6.07, 6.45) is 5.91. The van der Waals surface area contributed by atoms with Crippen molar-refractivity contribution in [1.82, 2.24) is 19.9 Å². The molecular weight excluding hydrogens is 476 g/mol. The molecule has 7 heteroatoms. The monoisotopic (exact) mass is 504 g/mol. The second kappa shape index (κ2) is 9.74. The molecule has 0 aliphatic heterocycles. The van der Waals surface area contributed by atoms with E-state index in [4.69, 9.17) is 14.2 Å². The summed E-state index contributed by atoms with van der Waals surface area (Å²) in [6, 6.07) is 24.3. The molecule has 3 aromatic heterocycles. The van der Waals surface area contributed by atoms with Gasteiger partial charge in [0.2, 0.25) is 0 Å². The van der Waals surface area contributed by atoms with Gasteiger partial charge in [0.05, 0.1) is 17.7 Å². The molecule has 1 saturated carbocycles. The zero-order valence-electron chi connectivity index (χ0n) is 21.4. The highest BCUT2D eigenvalue weighted by Gasteiger charge is 2.52. The highest BCUT2D eigenvalue weighted by atomic mass is 16.5. The molecule has 190 valence electrons. The van der Waals surface area contributed by atoms with Crippen LogP contribution in [0.3, 0.4) is 0 Å². The molecule has 0 bridgehead atoms. The predicted octanol–water partition coefficient (Wildman–Crippen LogP) is 6.08. The van der Waals surface area contributed by atoms with E-state index in [1.54, 1.807) is 10.9 Å². The van der Waals surface area contributed by atoms with E-state index in [0.717, 1.165) is 63.6 Å². The third kappa shape index (κ3) is 4.41. The smallest absolute Gasteiger partial charge is 0.316 e. The van der Waals surface area contributed by atoms with Gasteiger partial charge in [-0.05, 0) is 61.6 Å². The van der Waals surface area contributed by atoms with E-state index in [9.17, 15) is 4.79 Å². The van der Waals surface area contributed by atoms with Crippen molar-refractivity contribution in [2.24, 2.45) is 0 Å². The summed E-state index contributed by atoms with van der Waals surface area (Å²) in [5.74, 6) is 1.41. The van der Waals surface area contributed by atoms with Crippen molar-refractivity contribution in [3.8, 4) is 28.3 Å². The summed E-state index contributed by atoms with van der Waals surface area (Å²) in [5.41, 5.74) is 6.50. The maximum absolute atomic E-state index is 12.4. The van der Waals surface area contributed by atoms with Crippen LogP contribution in [0.5, 0.6) is 0 Å². The minimum Gasteiger partial charge on any atom is -0.465 e. The van der Waals surface area contributed by atoms with Crippen LogP contribution in [0, 0.1) is 6.92 Å². The topological polar surface area (TPSA) is 83.0 Å². The first-order valence-electron chi connectivity index (χ1n) is 12.9. The number of aromatic nitrogens is 4. The Morgan fingerprint density at radius 3 is 2.34 bits per heavy atom. The first-order valence-corrected chi connectivity index (χ1v) is 12.9. The van der Waals surface area contributed by atoms with Gasteiger partial charge in [0, 0.05) is 35.6 Å². The highest BCUT2D eigenvalue weighted by Crippen LogP contribution is 2.49. The van der Waals surface area contributed by atoms with Crippen LogP contribution in [-0.2, 0) is 21.4 Å². The van der Waals surface area contributed by atoms with Gasteiger partial charge >= 0.3 is 5.97 Å². The number of rotatable bonds is 8. The Morgan fingerprint density at radius 2 is 1.68 bits per heavy atom. The number of pyridine rings is 1. The van der Waals surface area contributed by atoms with E-state index in [1.807, 2.05) is 44.3 Å². The van der Waals surface area contributed by atoms with E-state index < -0.39 is 5.41 Å². The van der Waals surface area contributed by atoms with Gasteiger partial charge in [-0.3, -0.25) is 4.79 Å². The SMILES string of the molecule is CCOC(=O)C1(c2ccc(-c3ccc(-c4onc(C)c4Cc4cccc(-n5cccn5)n4)cc3)cc2)CC1. The van der Waals surface area contributed by atoms with E-state index in [1.165, 1.54) is 0 Å². The molecule has 38 heavy (non-hydrogen) atoms. The minimum atomic E-state index is -0.453. The van der Waals surface area contributed by atoms with Gasteiger partial charge in [0.15, 0.2) is 11.6 Å². The van der Waals surface area contributed by atoms with Crippen LogP contribution in [0.4, 0.5) is 0 Å². The van der Waals surface area contributed by atoms with Crippen molar-refractivity contribution in [1.29, 1.82) is 0 Å². The van der Waals surface area contributed by atoms with Gasteiger partial charge in [-0.2, -0.15) is 5.10 Å². The van der Waals surface area contributed by atoms with Gasteiger partial charge in [0.1, 0.15) is 0 Å². The zero-order chi connectivity index (χ0) is 26.1. The Morgan fingerprint density at radius 1 is 0.974 bits per heavy atom. The number of carbonyl (C=O) groups excluding carboxylic acids is 1. The molecule has 6 rings (SSSR count). The molecule has 3 heterocycles. The summed E-state index contributed by atoms with van der Waals surface area (Å²) in [6.45, 7) is 4.21. The molecule has 1 fully saturated rings. The highest BCUT2D eigenvalue weighted by molar-refractivity contribution is 5.87. The quantitative estimate of drug-likeness (QED) is 0.238. The molecule has 0 amide bonds. The van der Waals surface area contributed by atoms with Crippen molar-refractivity contribution in [2.45, 2.75) is 38.5 Å². The van der Waals surface area contributed by atoms with Crippen LogP contribution in [0.25, 0.3) is 28.3 Å². The van der Waals surface area contributed by atoms with Gasteiger partial charge < -0.3 is 9.26 Å². The largest absolute Gasteiger partial charge is 0.465 e. The fourth-order valence-corrected chi connectivity index (χ4v) is 4.90. The van der Waals surface area contributed by atoms with E-state index in [0.29, 0.717) is 13.0 Å². The number of hydrogen-bond donors (Lipinski definition) is 0. The number of aryl methyl sites for hydroxylation is 1. The van der Waals surface area contributed by atoms with Crippen molar-refractivity contribution in [2.75, 3.05) is 6.61 Å². The second-order valence-electron chi connectivity index (χ2n) is 9.65. The lowest BCUT2D eigenvalue weighted by Crippen LogP contribution is -2.23. The number of hydrogen-bond acceptors (Lipinski definition) is 6. The number of benzene rings is 2. The Bertz CT molecular complexity index is 1560. The molecule has 0 N–H and O–H groups in total. The predicted molar refractivity (Wildman–Crippen MR) is 144 cm³/mol. The average Bonchev–Trinajstić information content (AvgIpc) is 3.42. The summed E-state index contributed by atoms with van der Waals surface area (Å²) >= 11 is 0. The summed E-state index contributed by atoms with van der Waals surface area (Å²) in [4.78, 5) is 17.2. The molecule has 0 saturated heterocycles. The molecule has 5 aromatic rings. The van der Waals surface area contributed by atoms with Gasteiger partial charge in [-0.1, -0.05) is 59.8 Å². The Labute approximate surface area is 221 Å². The maximum Gasteiger partial charge on any atom is 0.316 e. The second-order valence-corrected chi connectivity index (χ2v) is 9.65. The molecule has 0 atom stereocenters. The van der Waals surface area contributed by atoms with Crippen molar-refractivity contribution >= 4 is 5.97 Å². The molecule has 1 aliphatic rings. The lowest BCUT2D eigenvalue weighted by molar-refractivity contribution is -0.146. The van der Waals surface area contributed by atoms with Crippen molar-refractivity contribution < 1.29 is 14.1 Å². The van der Waals surface area contributed by atoms with Crippen LogP contribution >= 0.6 is 0 Å². The van der Waals surface area contributed by atoms with E-state index in [2.05, 4.69) is 58.8 Å². The molecule has 0 unspecified atom stereocenters. The normalized spacial score (nSPS) is 13.8. The van der Waals surface area contributed by atoms with Crippen LogP contribution < -0.4 is 0 Å². The number of nitrogens with zero attached hydrogens (tertiary/aromatic N) is 4. The van der Waals surface area contributed by atoms with Crippen LogP contribution in [0.1, 0.15) is 42.3 Å². The van der Waals surface area contributed by atoms with Crippen molar-refractivity contribution in [3.05, 3.63) is 108 Å². The zero-order valence-corrected chi connectivity index (χ0v) is 21.4. The Hall–Kier alpha value is -4.52. The number of ether oxygens (including phenoxy) is 1. The molecule has 2 aromatic carbocycles. The number of carbonyl (C=O) groups is 1. The standard InChI is InChI=1S/C31H28N4O3/c1-3-37-30(36)31(16-17-31)25-14-12-23(13-15-25)22-8-10-24(11-9-22)29-27(21(2)34-38-29)20-26-6-4-7-28(33-26)35-19-5-18-32-35/h4-15,18-19H,3,16-17,20H2,1-2H3. The Balaban J connectivity index is 1.22. The van der Waals surface area contributed by atoms with Crippen LogP contribution in [0.2, 0.25) is 0 Å². The minimum absolute atomic E-state index is 0.112. The van der Waals surface area contributed by atoms with Gasteiger partial charge in [-0.25, -0.2) is 9.67 Å². The fourth-order valence-electron chi connectivity index (χ4n) is 4.90. The van der Waals surface area contributed by atoms with Crippen LogP contribution in [-0.4, -0.2) is 32.5 Å². The van der Waals surface area contributed by atoms with E-state index in [-0.39, 0.29) is 5.97 Å².